The zero-order valence-electron chi connectivity index (χ0n) is 19.2. The quantitative estimate of drug-likeness (QED) is 0.544. The summed E-state index contributed by atoms with van der Waals surface area (Å²) in [5, 5.41) is 12.2. The van der Waals surface area contributed by atoms with E-state index in [9.17, 15) is 19.5 Å². The highest BCUT2D eigenvalue weighted by molar-refractivity contribution is 7.80. The van der Waals surface area contributed by atoms with Crippen molar-refractivity contribution >= 4 is 30.6 Å². The van der Waals surface area contributed by atoms with E-state index in [1.807, 2.05) is 48.5 Å². The number of aliphatic carboxylic acids is 1. The molecule has 1 fully saturated rings. The van der Waals surface area contributed by atoms with E-state index in [0.29, 0.717) is 0 Å². The minimum Gasteiger partial charge on any atom is -0.480 e. The lowest BCUT2D eigenvalue weighted by Crippen LogP contribution is -2.58. The number of amides is 2. The third-order valence-corrected chi connectivity index (χ3v) is 6.75. The molecule has 1 heterocycles. The summed E-state index contributed by atoms with van der Waals surface area (Å²) in [7, 11) is 0. The summed E-state index contributed by atoms with van der Waals surface area (Å²) in [6.07, 6.45) is -1.47. The fraction of sp³-hybridized carbons (Fsp3) is 0.400. The van der Waals surface area contributed by atoms with Crippen LogP contribution in [0.4, 0.5) is 4.79 Å². The molecule has 1 saturated heterocycles. The van der Waals surface area contributed by atoms with Crippen LogP contribution in [0.15, 0.2) is 48.5 Å². The van der Waals surface area contributed by atoms with Crippen molar-refractivity contribution in [3.05, 3.63) is 59.7 Å². The molecule has 1 aliphatic heterocycles. The van der Waals surface area contributed by atoms with Crippen LogP contribution in [0.1, 0.15) is 37.8 Å². The van der Waals surface area contributed by atoms with Gasteiger partial charge in [-0.25, -0.2) is 9.59 Å². The van der Waals surface area contributed by atoms with E-state index in [-0.39, 0.29) is 18.3 Å². The first-order chi connectivity index (χ1) is 16.2. The lowest BCUT2D eigenvalue weighted by atomic mass is 9.98. The molecule has 180 valence electrons. The van der Waals surface area contributed by atoms with Crippen LogP contribution in [0.3, 0.4) is 0 Å². The molecule has 2 N–H and O–H groups in total. The number of ether oxygens (including phenoxy) is 2. The van der Waals surface area contributed by atoms with E-state index in [2.05, 4.69) is 17.9 Å². The summed E-state index contributed by atoms with van der Waals surface area (Å²) < 4.78 is 11.2. The van der Waals surface area contributed by atoms with E-state index in [4.69, 9.17) is 9.47 Å². The Morgan fingerprint density at radius 2 is 1.68 bits per heavy atom. The van der Waals surface area contributed by atoms with Crippen LogP contribution in [-0.2, 0) is 19.1 Å². The number of hydrogen-bond acceptors (Lipinski definition) is 6. The molecule has 0 radical (unpaired) electrons. The van der Waals surface area contributed by atoms with Crippen molar-refractivity contribution in [1.82, 2.24) is 10.2 Å². The molecule has 0 saturated carbocycles. The zero-order valence-corrected chi connectivity index (χ0v) is 20.1. The van der Waals surface area contributed by atoms with Crippen LogP contribution in [0, 0.1) is 0 Å². The van der Waals surface area contributed by atoms with Crippen molar-refractivity contribution in [2.75, 3.05) is 12.4 Å². The molecular weight excluding hydrogens is 456 g/mol. The Hall–Kier alpha value is -3.04. The molecule has 2 amide bonds. The second-order valence-electron chi connectivity index (χ2n) is 8.97. The van der Waals surface area contributed by atoms with Crippen LogP contribution in [0.5, 0.6) is 0 Å². The van der Waals surface area contributed by atoms with Crippen molar-refractivity contribution in [1.29, 1.82) is 0 Å². The van der Waals surface area contributed by atoms with Gasteiger partial charge in [-0.1, -0.05) is 48.5 Å². The van der Waals surface area contributed by atoms with E-state index in [1.54, 1.807) is 20.8 Å². The van der Waals surface area contributed by atoms with Crippen LogP contribution in [-0.4, -0.2) is 64.2 Å². The van der Waals surface area contributed by atoms with Crippen molar-refractivity contribution in [2.45, 2.75) is 50.6 Å². The molecule has 2 aliphatic rings. The van der Waals surface area contributed by atoms with E-state index in [0.717, 1.165) is 27.2 Å². The van der Waals surface area contributed by atoms with Crippen LogP contribution in [0.2, 0.25) is 0 Å². The molecule has 2 aromatic carbocycles. The van der Waals surface area contributed by atoms with Gasteiger partial charge in [0.15, 0.2) is 6.04 Å². The largest absolute Gasteiger partial charge is 0.480 e. The lowest BCUT2D eigenvalue weighted by molar-refractivity contribution is -0.156. The van der Waals surface area contributed by atoms with Crippen molar-refractivity contribution in [3.8, 4) is 11.1 Å². The summed E-state index contributed by atoms with van der Waals surface area (Å²) in [6, 6.07) is 13.7. The Bertz CT molecular complexity index is 1070. The Kier molecular flexibility index (Phi) is 6.60. The number of carboxylic acids is 1. The van der Waals surface area contributed by atoms with Gasteiger partial charge >= 0.3 is 12.1 Å². The smallest absolute Gasteiger partial charge is 0.407 e. The monoisotopic (exact) mass is 484 g/mol. The average molecular weight is 485 g/mol. The molecule has 0 bridgehead atoms. The highest BCUT2D eigenvalue weighted by atomic mass is 32.1. The maximum absolute atomic E-state index is 13.2. The number of carbonyl (C=O) groups excluding carboxylic acids is 2. The second-order valence-corrected chi connectivity index (χ2v) is 9.33. The van der Waals surface area contributed by atoms with Gasteiger partial charge in [-0.15, -0.1) is 0 Å². The van der Waals surface area contributed by atoms with E-state index < -0.39 is 41.9 Å². The van der Waals surface area contributed by atoms with E-state index in [1.165, 1.54) is 0 Å². The molecule has 4 rings (SSSR count). The predicted molar refractivity (Wildman–Crippen MR) is 129 cm³/mol. The van der Waals surface area contributed by atoms with E-state index >= 15 is 0 Å². The van der Waals surface area contributed by atoms with Gasteiger partial charge in [-0.3, -0.25) is 9.69 Å². The van der Waals surface area contributed by atoms with Gasteiger partial charge in [0.2, 0.25) is 5.91 Å². The van der Waals surface area contributed by atoms with Crippen molar-refractivity contribution in [2.24, 2.45) is 0 Å². The molecule has 0 aromatic heterocycles. The van der Waals surface area contributed by atoms with Crippen molar-refractivity contribution < 1.29 is 29.0 Å². The summed E-state index contributed by atoms with van der Waals surface area (Å²) in [5.41, 5.74) is 3.23. The molecule has 0 spiro atoms. The number of benzene rings is 2. The number of nitrogens with zero attached hydrogens (tertiary/aromatic N) is 1. The lowest BCUT2D eigenvalue weighted by Gasteiger charge is -2.34. The first-order valence-electron chi connectivity index (χ1n) is 11.1. The van der Waals surface area contributed by atoms with Crippen molar-refractivity contribution in [3.63, 3.8) is 0 Å². The fourth-order valence-electron chi connectivity index (χ4n) is 4.97. The maximum atomic E-state index is 13.2. The Morgan fingerprint density at radius 1 is 1.12 bits per heavy atom. The molecule has 1 aliphatic carbocycles. The number of alkyl carbamates (subject to hydrolysis) is 1. The predicted octanol–water partition coefficient (Wildman–Crippen LogP) is 3.26. The summed E-state index contributed by atoms with van der Waals surface area (Å²) >= 11 is 4.21. The fourth-order valence-corrected chi connectivity index (χ4v) is 5.22. The summed E-state index contributed by atoms with van der Waals surface area (Å²) in [4.78, 5) is 38.9. The Morgan fingerprint density at radius 3 is 2.21 bits per heavy atom. The summed E-state index contributed by atoms with van der Waals surface area (Å²) in [6.45, 7) is 4.93. The minimum atomic E-state index is -1.18. The molecule has 3 atom stereocenters. The maximum Gasteiger partial charge on any atom is 0.407 e. The minimum absolute atomic E-state index is 0.0314. The number of carboxylic acid groups (broad SMARTS) is 1. The molecule has 0 unspecified atom stereocenters. The standard InChI is InChI=1S/C25H28N2O6S/c1-14-21(23(29)30)27(25(2,3)33-14)22(28)20(13-34)26-24(31)32-12-19-17-10-6-4-8-15(17)16-9-5-7-11-18(16)19/h4-11,14,19-21,34H,12-13H2,1-3H3,(H,26,31)(H,29,30)/t14-,20+,21+/m1/s1. The number of carbonyl (C=O) groups is 3. The number of thiol groups is 1. The van der Waals surface area contributed by atoms with Gasteiger partial charge in [0.05, 0.1) is 6.10 Å². The molecule has 8 nitrogen and oxygen atoms in total. The molecule has 2 aromatic rings. The van der Waals surface area contributed by atoms with Crippen LogP contribution >= 0.6 is 12.6 Å². The second kappa shape index (κ2) is 9.31. The van der Waals surface area contributed by atoms with Crippen LogP contribution < -0.4 is 5.32 Å². The highest BCUT2D eigenvalue weighted by Crippen LogP contribution is 2.44. The van der Waals surface area contributed by atoms with Gasteiger partial charge in [0.25, 0.3) is 0 Å². The van der Waals surface area contributed by atoms with Gasteiger partial charge in [0.1, 0.15) is 18.4 Å². The average Bonchev–Trinajstić information content (AvgIpc) is 3.25. The molecular formula is C25H28N2O6S. The zero-order chi connectivity index (χ0) is 24.6. The number of hydrogen-bond donors (Lipinski definition) is 3. The van der Waals surface area contributed by atoms with Gasteiger partial charge in [-0.05, 0) is 43.0 Å². The number of rotatable bonds is 6. The molecule has 34 heavy (non-hydrogen) atoms. The Balaban J connectivity index is 1.45. The number of fused-ring (bicyclic) bond motifs is 3. The number of nitrogens with one attached hydrogen (secondary N) is 1. The first kappa shape index (κ1) is 24.1. The first-order valence-corrected chi connectivity index (χ1v) is 11.7. The van der Waals surface area contributed by atoms with Gasteiger partial charge in [-0.2, -0.15) is 12.6 Å². The van der Waals surface area contributed by atoms with Crippen LogP contribution in [0.25, 0.3) is 11.1 Å². The summed E-state index contributed by atoms with van der Waals surface area (Å²) in [5.74, 6) is -1.92. The molecule has 9 heteroatoms. The normalized spacial score (nSPS) is 21.5. The third kappa shape index (κ3) is 4.25. The third-order valence-electron chi connectivity index (χ3n) is 6.38. The topological polar surface area (TPSA) is 105 Å². The highest BCUT2D eigenvalue weighted by Gasteiger charge is 2.52. The van der Waals surface area contributed by atoms with Gasteiger partial charge in [0, 0.05) is 11.7 Å². The van der Waals surface area contributed by atoms with Gasteiger partial charge < -0.3 is 19.9 Å². The Labute approximate surface area is 203 Å². The SMILES string of the molecule is C[C@H]1OC(C)(C)N(C(=O)[C@H](CS)NC(=O)OCC2c3ccccc3-c3ccccc32)[C@@H]1C(=O)O.